The number of anilines is 1. The van der Waals surface area contributed by atoms with E-state index in [2.05, 4.69) is 5.32 Å². The zero-order chi connectivity index (χ0) is 18.6. The van der Waals surface area contributed by atoms with Gasteiger partial charge in [-0.25, -0.2) is 4.79 Å². The van der Waals surface area contributed by atoms with Crippen LogP contribution in [0.5, 0.6) is 0 Å². The van der Waals surface area contributed by atoms with Crippen LogP contribution in [-0.4, -0.2) is 24.5 Å². The standard InChI is InChI=1S/C19H23NO5/c1-4-25-19(24)13-5-7-14(8-6-13)20-17(21)15-9-11(2)12(3)10-16(15)18(22)23/h5-8,15-16H,4,9-10H2,1-3H3,(H,20,21)(H,22,23)/p-1/t15-,16+/m1/s1. The molecule has 1 aromatic carbocycles. The van der Waals surface area contributed by atoms with Gasteiger partial charge in [-0.15, -0.1) is 0 Å². The summed E-state index contributed by atoms with van der Waals surface area (Å²) in [7, 11) is 0. The molecule has 0 bridgehead atoms. The summed E-state index contributed by atoms with van der Waals surface area (Å²) < 4.78 is 4.90. The van der Waals surface area contributed by atoms with E-state index in [1.165, 1.54) is 0 Å². The molecule has 134 valence electrons. The molecule has 0 aliphatic heterocycles. The van der Waals surface area contributed by atoms with Crippen LogP contribution in [0.15, 0.2) is 35.4 Å². The largest absolute Gasteiger partial charge is 0.550 e. The Labute approximate surface area is 146 Å². The summed E-state index contributed by atoms with van der Waals surface area (Å²) in [5.41, 5.74) is 2.92. The van der Waals surface area contributed by atoms with Crippen molar-refractivity contribution in [3.63, 3.8) is 0 Å². The van der Waals surface area contributed by atoms with Gasteiger partial charge in [0.2, 0.25) is 5.91 Å². The van der Waals surface area contributed by atoms with Crippen LogP contribution >= 0.6 is 0 Å². The number of amides is 1. The molecule has 6 heteroatoms. The highest BCUT2D eigenvalue weighted by Crippen LogP contribution is 2.34. The fourth-order valence-electron chi connectivity index (χ4n) is 2.95. The van der Waals surface area contributed by atoms with E-state index in [0.717, 1.165) is 11.1 Å². The van der Waals surface area contributed by atoms with Crippen molar-refractivity contribution in [2.75, 3.05) is 11.9 Å². The Hall–Kier alpha value is -2.63. The molecule has 1 aliphatic rings. The average Bonchev–Trinajstić information content (AvgIpc) is 2.57. The molecule has 1 N–H and O–H groups in total. The lowest BCUT2D eigenvalue weighted by Gasteiger charge is -2.32. The molecule has 0 radical (unpaired) electrons. The second kappa shape index (κ2) is 7.96. The lowest BCUT2D eigenvalue weighted by Crippen LogP contribution is -2.42. The Balaban J connectivity index is 2.10. The first-order valence-corrected chi connectivity index (χ1v) is 8.27. The van der Waals surface area contributed by atoms with Gasteiger partial charge in [0.15, 0.2) is 0 Å². The summed E-state index contributed by atoms with van der Waals surface area (Å²) in [6.07, 6.45) is 0.727. The van der Waals surface area contributed by atoms with Gasteiger partial charge in [-0.2, -0.15) is 0 Å². The molecule has 0 aromatic heterocycles. The molecule has 6 nitrogen and oxygen atoms in total. The van der Waals surface area contributed by atoms with Gasteiger partial charge >= 0.3 is 5.97 Å². The summed E-state index contributed by atoms with van der Waals surface area (Å²) in [4.78, 5) is 35.6. The van der Waals surface area contributed by atoms with Crippen LogP contribution in [0.3, 0.4) is 0 Å². The zero-order valence-corrected chi connectivity index (χ0v) is 14.6. The van der Waals surface area contributed by atoms with E-state index in [1.807, 2.05) is 13.8 Å². The second-order valence-corrected chi connectivity index (χ2v) is 6.29. The second-order valence-electron chi connectivity index (χ2n) is 6.29. The normalized spacial score (nSPS) is 20.1. The van der Waals surface area contributed by atoms with E-state index in [-0.39, 0.29) is 12.5 Å². The molecule has 0 unspecified atom stereocenters. The number of benzene rings is 1. The highest BCUT2D eigenvalue weighted by molar-refractivity contribution is 5.96. The third-order valence-electron chi connectivity index (χ3n) is 4.57. The van der Waals surface area contributed by atoms with Crippen LogP contribution in [0.1, 0.15) is 44.0 Å². The number of hydrogen-bond donors (Lipinski definition) is 1. The van der Waals surface area contributed by atoms with Crippen molar-refractivity contribution >= 4 is 23.5 Å². The third-order valence-corrected chi connectivity index (χ3v) is 4.57. The summed E-state index contributed by atoms with van der Waals surface area (Å²) in [6, 6.07) is 6.30. The maximum atomic E-state index is 12.5. The van der Waals surface area contributed by atoms with Crippen molar-refractivity contribution in [3.8, 4) is 0 Å². The summed E-state index contributed by atoms with van der Waals surface area (Å²) in [5.74, 6) is -3.49. The van der Waals surface area contributed by atoms with Crippen molar-refractivity contribution in [2.24, 2.45) is 11.8 Å². The van der Waals surface area contributed by atoms with Gasteiger partial charge in [0, 0.05) is 17.6 Å². The highest BCUT2D eigenvalue weighted by atomic mass is 16.5. The van der Waals surface area contributed by atoms with Crippen LogP contribution < -0.4 is 10.4 Å². The minimum atomic E-state index is -1.20. The number of allylic oxidation sites excluding steroid dienone is 2. The summed E-state index contributed by atoms with van der Waals surface area (Å²) in [5, 5.41) is 14.1. The van der Waals surface area contributed by atoms with Crippen LogP contribution in [-0.2, 0) is 14.3 Å². The maximum Gasteiger partial charge on any atom is 0.338 e. The Bertz CT molecular complexity index is 705. The molecular weight excluding hydrogens is 322 g/mol. The van der Waals surface area contributed by atoms with E-state index >= 15 is 0 Å². The minimum Gasteiger partial charge on any atom is -0.550 e. The van der Waals surface area contributed by atoms with E-state index in [9.17, 15) is 19.5 Å². The first-order valence-electron chi connectivity index (χ1n) is 8.27. The number of aliphatic carboxylic acids is 1. The number of rotatable bonds is 5. The monoisotopic (exact) mass is 344 g/mol. The van der Waals surface area contributed by atoms with E-state index in [0.29, 0.717) is 24.1 Å². The van der Waals surface area contributed by atoms with E-state index in [1.54, 1.807) is 31.2 Å². The van der Waals surface area contributed by atoms with Gasteiger partial charge in [0.05, 0.1) is 18.1 Å². The molecule has 0 spiro atoms. The topological polar surface area (TPSA) is 95.5 Å². The van der Waals surface area contributed by atoms with Gasteiger partial charge in [-0.05, 0) is 57.9 Å². The van der Waals surface area contributed by atoms with Gasteiger partial charge in [0.1, 0.15) is 0 Å². The average molecular weight is 344 g/mol. The molecular formula is C19H22NO5-. The van der Waals surface area contributed by atoms with Crippen molar-refractivity contribution in [1.29, 1.82) is 0 Å². The van der Waals surface area contributed by atoms with Crippen molar-refractivity contribution in [3.05, 3.63) is 41.0 Å². The van der Waals surface area contributed by atoms with Crippen molar-refractivity contribution < 1.29 is 24.2 Å². The molecule has 1 aromatic rings. The van der Waals surface area contributed by atoms with E-state index < -0.39 is 23.8 Å². The van der Waals surface area contributed by atoms with Gasteiger partial charge in [0.25, 0.3) is 0 Å². The molecule has 1 aliphatic carbocycles. The highest BCUT2D eigenvalue weighted by Gasteiger charge is 2.33. The van der Waals surface area contributed by atoms with Gasteiger partial charge in [-0.1, -0.05) is 11.1 Å². The molecule has 0 heterocycles. The van der Waals surface area contributed by atoms with Crippen LogP contribution in [0, 0.1) is 11.8 Å². The lowest BCUT2D eigenvalue weighted by molar-refractivity contribution is -0.313. The smallest absolute Gasteiger partial charge is 0.338 e. The number of ether oxygens (including phenoxy) is 1. The van der Waals surface area contributed by atoms with Crippen LogP contribution in [0.4, 0.5) is 5.69 Å². The number of hydrogen-bond acceptors (Lipinski definition) is 5. The Morgan fingerprint density at radius 2 is 1.64 bits per heavy atom. The molecule has 1 amide bonds. The molecule has 0 fully saturated rings. The Morgan fingerprint density at radius 3 is 2.16 bits per heavy atom. The SMILES string of the molecule is CCOC(=O)c1ccc(NC(=O)[C@@H]2CC(C)=C(C)C[C@@H]2C(=O)[O-])cc1. The Kier molecular flexibility index (Phi) is 5.96. The lowest BCUT2D eigenvalue weighted by atomic mass is 9.76. The van der Waals surface area contributed by atoms with Crippen molar-refractivity contribution in [1.82, 2.24) is 0 Å². The van der Waals surface area contributed by atoms with Gasteiger partial charge in [-0.3, -0.25) is 4.79 Å². The number of nitrogens with one attached hydrogen (secondary N) is 1. The maximum absolute atomic E-state index is 12.5. The molecule has 0 saturated heterocycles. The van der Waals surface area contributed by atoms with Crippen LogP contribution in [0.2, 0.25) is 0 Å². The zero-order valence-electron chi connectivity index (χ0n) is 14.6. The first-order chi connectivity index (χ1) is 11.8. The number of esters is 1. The number of carbonyl (C=O) groups excluding carboxylic acids is 3. The number of carboxylic acid groups (broad SMARTS) is 1. The molecule has 0 saturated carbocycles. The number of carboxylic acids is 1. The minimum absolute atomic E-state index is 0.288. The number of carbonyl (C=O) groups is 3. The predicted octanol–water partition coefficient (Wildman–Crippen LogP) is 1.91. The molecule has 2 rings (SSSR count). The Morgan fingerprint density at radius 1 is 1.08 bits per heavy atom. The first kappa shape index (κ1) is 18.7. The fourth-order valence-corrected chi connectivity index (χ4v) is 2.95. The van der Waals surface area contributed by atoms with Gasteiger partial charge < -0.3 is 20.0 Å². The predicted molar refractivity (Wildman–Crippen MR) is 90.6 cm³/mol. The molecule has 25 heavy (non-hydrogen) atoms. The van der Waals surface area contributed by atoms with E-state index in [4.69, 9.17) is 4.74 Å². The van der Waals surface area contributed by atoms with Crippen molar-refractivity contribution in [2.45, 2.75) is 33.6 Å². The fraction of sp³-hybridized carbons (Fsp3) is 0.421. The molecule has 2 atom stereocenters. The quantitative estimate of drug-likeness (QED) is 0.650. The van der Waals surface area contributed by atoms with Crippen LogP contribution in [0.25, 0.3) is 0 Å². The summed E-state index contributed by atoms with van der Waals surface area (Å²) in [6.45, 7) is 5.81. The summed E-state index contributed by atoms with van der Waals surface area (Å²) >= 11 is 0. The third kappa shape index (κ3) is 4.47.